The van der Waals surface area contributed by atoms with Gasteiger partial charge < -0.3 is 4.90 Å². The topological polar surface area (TPSA) is 30.3 Å². The molecule has 0 N–H and O–H groups in total. The normalized spacial score (nSPS) is 20.3. The van der Waals surface area contributed by atoms with Crippen molar-refractivity contribution in [2.24, 2.45) is 5.92 Å². The summed E-state index contributed by atoms with van der Waals surface area (Å²) in [6.07, 6.45) is 15.9. The van der Waals surface area contributed by atoms with Crippen molar-refractivity contribution >= 4 is 11.9 Å². The summed E-state index contributed by atoms with van der Waals surface area (Å²) < 4.78 is 2.41. The first kappa shape index (κ1) is 28.4. The zero-order valence-electron chi connectivity index (χ0n) is 23.1. The molecule has 1 aliphatic heterocycles. The molecule has 200 valence electrons. The fraction of sp³-hybridized carbons (Fsp3) is 0.441. The van der Waals surface area contributed by atoms with Crippen molar-refractivity contribution in [2.75, 3.05) is 33.2 Å². The van der Waals surface area contributed by atoms with Crippen molar-refractivity contribution in [3.8, 4) is 6.07 Å². The van der Waals surface area contributed by atoms with Gasteiger partial charge in [0.1, 0.15) is 0 Å². The van der Waals surface area contributed by atoms with Crippen LogP contribution in [0.4, 0.5) is 0 Å². The molecule has 0 amide bonds. The minimum absolute atomic E-state index is 0.195. The van der Waals surface area contributed by atoms with Gasteiger partial charge in [-0.3, -0.25) is 0 Å². The lowest BCUT2D eigenvalue weighted by atomic mass is 9.78. The van der Waals surface area contributed by atoms with Crippen LogP contribution in [-0.2, 0) is 11.8 Å². The molecule has 1 atom stereocenters. The van der Waals surface area contributed by atoms with E-state index in [-0.39, 0.29) is 5.41 Å². The van der Waals surface area contributed by atoms with Gasteiger partial charge in [0.2, 0.25) is 0 Å². The molecule has 2 aromatic carbocycles. The predicted molar refractivity (Wildman–Crippen MR) is 162 cm³/mol. The van der Waals surface area contributed by atoms with E-state index in [0.717, 1.165) is 18.9 Å². The summed E-state index contributed by atoms with van der Waals surface area (Å²) in [5.74, 6) is 0.858. The third kappa shape index (κ3) is 7.50. The second-order valence-corrected chi connectivity index (χ2v) is 12.3. The van der Waals surface area contributed by atoms with Gasteiger partial charge in [-0.15, -0.1) is 0 Å². The molecule has 1 saturated heterocycles. The monoisotopic (exact) mass is 525 g/mol. The largest absolute Gasteiger partial charge is 0.303 e. The molecule has 0 saturated carbocycles. The van der Waals surface area contributed by atoms with E-state index in [2.05, 4.69) is 78.0 Å². The van der Waals surface area contributed by atoms with Crippen LogP contribution in [0.15, 0.2) is 90.4 Å². The molecule has 0 bridgehead atoms. The zero-order chi connectivity index (χ0) is 26.8. The molecular formula is C34H43N3S. The van der Waals surface area contributed by atoms with Crippen molar-refractivity contribution in [3.63, 3.8) is 0 Å². The van der Waals surface area contributed by atoms with Crippen LogP contribution in [0.1, 0.15) is 61.6 Å². The van der Waals surface area contributed by atoms with Crippen molar-refractivity contribution < 1.29 is 0 Å². The maximum absolute atomic E-state index is 9.11. The third-order valence-electron chi connectivity index (χ3n) is 8.52. The summed E-state index contributed by atoms with van der Waals surface area (Å²) in [7, 11) is 2.22. The van der Waals surface area contributed by atoms with Gasteiger partial charge in [0.15, 0.2) is 0 Å². The van der Waals surface area contributed by atoms with E-state index in [1.165, 1.54) is 80.6 Å². The highest BCUT2D eigenvalue weighted by atomic mass is 32.2. The number of nitriles is 1. The number of rotatable bonds is 13. The molecule has 0 aromatic heterocycles. The predicted octanol–water partition coefficient (Wildman–Crippen LogP) is 7.95. The standard InChI is InChI=1S/C34H43N3S/c1-4-9-28(5-2)10-8-11-29-19-23-37(24-20-29)25-22-34(21-18-31-12-6-7-13-33(31)34)27-36(3)38-32-16-14-30(26-35)15-17-32/h4-7,9,12-17,29H,1-2,8,10-11,18-25,27H2,3H3/b28-9+. The van der Waals surface area contributed by atoms with E-state index in [9.17, 15) is 0 Å². The third-order valence-corrected chi connectivity index (χ3v) is 9.44. The first-order valence-electron chi connectivity index (χ1n) is 14.2. The lowest BCUT2D eigenvalue weighted by molar-refractivity contribution is 0.158. The second kappa shape index (κ2) is 14.0. The van der Waals surface area contributed by atoms with Crippen molar-refractivity contribution in [2.45, 2.75) is 61.7 Å². The molecule has 1 aliphatic carbocycles. The van der Waals surface area contributed by atoms with Crippen LogP contribution in [-0.4, -0.2) is 42.4 Å². The summed E-state index contributed by atoms with van der Waals surface area (Å²) in [5.41, 5.74) is 5.32. The summed E-state index contributed by atoms with van der Waals surface area (Å²) >= 11 is 1.79. The lowest BCUT2D eigenvalue weighted by Gasteiger charge is -2.38. The molecule has 0 radical (unpaired) electrons. The number of hydrogen-bond donors (Lipinski definition) is 0. The summed E-state index contributed by atoms with van der Waals surface area (Å²) in [5, 5.41) is 9.11. The van der Waals surface area contributed by atoms with Crippen molar-refractivity contribution in [3.05, 3.63) is 102 Å². The molecule has 4 heteroatoms. The summed E-state index contributed by atoms with van der Waals surface area (Å²) in [6, 6.07) is 19.3. The number of likely N-dealkylation sites (tertiary alicyclic amines) is 1. The summed E-state index contributed by atoms with van der Waals surface area (Å²) in [6.45, 7) is 12.4. The highest BCUT2D eigenvalue weighted by molar-refractivity contribution is 7.97. The smallest absolute Gasteiger partial charge is 0.0991 e. The van der Waals surface area contributed by atoms with Crippen LogP contribution in [0, 0.1) is 17.2 Å². The van der Waals surface area contributed by atoms with Crippen LogP contribution in [0.3, 0.4) is 0 Å². The highest BCUT2D eigenvalue weighted by Gasteiger charge is 2.39. The van der Waals surface area contributed by atoms with Gasteiger partial charge >= 0.3 is 0 Å². The molecule has 4 rings (SSSR count). The Morgan fingerprint density at radius 3 is 2.63 bits per heavy atom. The quantitative estimate of drug-likeness (QED) is 0.196. The number of nitrogens with zero attached hydrogens (tertiary/aromatic N) is 3. The van der Waals surface area contributed by atoms with Crippen LogP contribution in [0.25, 0.3) is 0 Å². The van der Waals surface area contributed by atoms with Crippen LogP contribution in [0.5, 0.6) is 0 Å². The van der Waals surface area contributed by atoms with E-state index in [4.69, 9.17) is 5.26 Å². The van der Waals surface area contributed by atoms with Gasteiger partial charge in [0.05, 0.1) is 11.6 Å². The lowest BCUT2D eigenvalue weighted by Crippen LogP contribution is -2.41. The molecule has 0 spiro atoms. The van der Waals surface area contributed by atoms with Crippen LogP contribution >= 0.6 is 11.9 Å². The fourth-order valence-corrected chi connectivity index (χ4v) is 7.30. The van der Waals surface area contributed by atoms with E-state index in [0.29, 0.717) is 5.56 Å². The number of benzene rings is 2. The molecule has 1 unspecified atom stereocenters. The Labute approximate surface area is 235 Å². The number of allylic oxidation sites excluding steroid dienone is 4. The van der Waals surface area contributed by atoms with E-state index in [1.807, 2.05) is 24.3 Å². The Hall–Kier alpha value is -2.58. The summed E-state index contributed by atoms with van der Waals surface area (Å²) in [4.78, 5) is 3.91. The maximum atomic E-state index is 9.11. The Balaban J connectivity index is 1.32. The van der Waals surface area contributed by atoms with E-state index >= 15 is 0 Å². The Bertz CT molecular complexity index is 1140. The Morgan fingerprint density at radius 2 is 1.92 bits per heavy atom. The number of hydrogen-bond acceptors (Lipinski definition) is 4. The molecular weight excluding hydrogens is 482 g/mol. The number of likely N-dealkylation sites (N-methyl/N-ethyl adjacent to an activating group) is 1. The minimum Gasteiger partial charge on any atom is -0.303 e. The molecule has 3 nitrogen and oxygen atoms in total. The zero-order valence-corrected chi connectivity index (χ0v) is 23.9. The highest BCUT2D eigenvalue weighted by Crippen LogP contribution is 2.43. The SMILES string of the molecule is C=C/C=C(\C=C)CCCC1CCN(CCC2(CN(C)Sc3ccc(C#N)cc3)CCc3ccccc32)CC1. The first-order chi connectivity index (χ1) is 18.5. The molecule has 2 aromatic rings. The maximum Gasteiger partial charge on any atom is 0.0991 e. The second-order valence-electron chi connectivity index (χ2n) is 11.1. The van der Waals surface area contributed by atoms with Crippen molar-refractivity contribution in [1.29, 1.82) is 5.26 Å². The molecule has 2 aliphatic rings. The van der Waals surface area contributed by atoms with Gasteiger partial charge in [-0.25, -0.2) is 4.31 Å². The van der Waals surface area contributed by atoms with Gasteiger partial charge in [-0.05, 0) is 130 Å². The average molecular weight is 526 g/mol. The minimum atomic E-state index is 0.195. The van der Waals surface area contributed by atoms with Gasteiger partial charge in [0.25, 0.3) is 0 Å². The van der Waals surface area contributed by atoms with Gasteiger partial charge in [0, 0.05) is 16.9 Å². The van der Waals surface area contributed by atoms with Crippen LogP contribution < -0.4 is 0 Å². The fourth-order valence-electron chi connectivity index (χ4n) is 6.37. The Kier molecular flexibility index (Phi) is 10.5. The first-order valence-corrected chi connectivity index (χ1v) is 15.0. The van der Waals surface area contributed by atoms with Gasteiger partial charge in [-0.1, -0.05) is 62.1 Å². The molecule has 1 fully saturated rings. The average Bonchev–Trinajstić information content (AvgIpc) is 3.30. The number of fused-ring (bicyclic) bond motifs is 1. The molecule has 1 heterocycles. The van der Waals surface area contributed by atoms with Gasteiger partial charge in [-0.2, -0.15) is 5.26 Å². The number of aryl methyl sites for hydroxylation is 1. The van der Waals surface area contributed by atoms with Crippen LogP contribution in [0.2, 0.25) is 0 Å². The van der Waals surface area contributed by atoms with E-state index < -0.39 is 0 Å². The molecule has 38 heavy (non-hydrogen) atoms. The van der Waals surface area contributed by atoms with E-state index in [1.54, 1.807) is 17.5 Å². The number of piperidine rings is 1. The Morgan fingerprint density at radius 1 is 1.16 bits per heavy atom. The van der Waals surface area contributed by atoms with Crippen molar-refractivity contribution in [1.82, 2.24) is 9.21 Å².